The molecule has 1 amide bonds. The Bertz CT molecular complexity index is 451. The number of nitrogens with zero attached hydrogens (tertiary/aromatic N) is 1. The van der Waals surface area contributed by atoms with Crippen LogP contribution < -0.4 is 5.32 Å². The van der Waals surface area contributed by atoms with E-state index < -0.39 is 5.97 Å². The van der Waals surface area contributed by atoms with Crippen molar-refractivity contribution in [2.75, 3.05) is 26.2 Å². The van der Waals surface area contributed by atoms with E-state index in [2.05, 4.69) is 11.9 Å². The lowest BCUT2D eigenvalue weighted by Gasteiger charge is -2.19. The fraction of sp³-hybridized carbons (Fsp3) is 0.333. The zero-order valence-electron chi connectivity index (χ0n) is 11.8. The molecule has 0 unspecified atom stereocenters. The fourth-order valence-electron chi connectivity index (χ4n) is 1.78. The minimum absolute atomic E-state index is 0. The Morgan fingerprint density at radius 1 is 1.29 bits per heavy atom. The van der Waals surface area contributed by atoms with Crippen LogP contribution in [0.25, 0.3) is 0 Å². The maximum atomic E-state index is 11.6. The van der Waals surface area contributed by atoms with Gasteiger partial charge < -0.3 is 10.4 Å². The molecule has 0 aliphatic carbocycles. The number of hydrogen-bond donors (Lipinski definition) is 2. The molecule has 1 aromatic rings. The quantitative estimate of drug-likeness (QED) is 0.675. The molecule has 0 saturated carbocycles. The molecule has 0 atom stereocenters. The van der Waals surface area contributed by atoms with Crippen LogP contribution in [0.3, 0.4) is 0 Å². The number of aliphatic carboxylic acids is 1. The van der Waals surface area contributed by atoms with Crippen molar-refractivity contribution in [2.24, 2.45) is 0 Å². The fourth-order valence-corrected chi connectivity index (χ4v) is 1.78. The molecule has 21 heavy (non-hydrogen) atoms. The van der Waals surface area contributed by atoms with E-state index in [1.165, 1.54) is 5.56 Å². The van der Waals surface area contributed by atoms with Crippen LogP contribution in [-0.2, 0) is 16.0 Å². The van der Waals surface area contributed by atoms with Gasteiger partial charge in [-0.2, -0.15) is 0 Å². The third-order valence-corrected chi connectivity index (χ3v) is 2.75. The molecule has 0 saturated heterocycles. The number of hydrogen-bond acceptors (Lipinski definition) is 3. The number of carbonyl (C=O) groups excluding carboxylic acids is 1. The highest BCUT2D eigenvalue weighted by molar-refractivity contribution is 5.85. The highest BCUT2D eigenvalue weighted by Gasteiger charge is 2.10. The number of halogens is 1. The SMILES string of the molecule is C=CCN(CCc1ccccc1)CC(=O)NCC(=O)O.Cl. The Balaban J connectivity index is 0.00000400. The number of nitrogens with one attached hydrogen (secondary N) is 1. The minimum atomic E-state index is -1.04. The van der Waals surface area contributed by atoms with Crippen LogP contribution in [0.5, 0.6) is 0 Å². The van der Waals surface area contributed by atoms with Gasteiger partial charge in [0.1, 0.15) is 6.54 Å². The summed E-state index contributed by atoms with van der Waals surface area (Å²) in [5, 5.41) is 10.9. The molecule has 116 valence electrons. The Labute approximate surface area is 131 Å². The second-order valence-electron chi connectivity index (χ2n) is 4.43. The molecule has 0 aliphatic heterocycles. The van der Waals surface area contributed by atoms with Gasteiger partial charge in [-0.1, -0.05) is 36.4 Å². The topological polar surface area (TPSA) is 69.6 Å². The number of carboxylic acids is 1. The molecule has 1 aromatic carbocycles. The van der Waals surface area contributed by atoms with Crippen LogP contribution >= 0.6 is 12.4 Å². The first-order valence-corrected chi connectivity index (χ1v) is 6.47. The molecular formula is C15H21ClN2O3. The van der Waals surface area contributed by atoms with Crippen molar-refractivity contribution in [3.63, 3.8) is 0 Å². The standard InChI is InChI=1S/C15H20N2O3.ClH/c1-2-9-17(12-14(18)16-11-15(19)20)10-8-13-6-4-3-5-7-13;/h2-7H,1,8-12H2,(H,16,18)(H,19,20);1H. The molecule has 0 radical (unpaired) electrons. The van der Waals surface area contributed by atoms with Crippen LogP contribution in [-0.4, -0.2) is 48.1 Å². The van der Waals surface area contributed by atoms with Gasteiger partial charge in [0.05, 0.1) is 6.54 Å². The van der Waals surface area contributed by atoms with Gasteiger partial charge in [-0.3, -0.25) is 14.5 Å². The van der Waals surface area contributed by atoms with Crippen LogP contribution in [0.4, 0.5) is 0 Å². The van der Waals surface area contributed by atoms with Crippen molar-refractivity contribution in [1.82, 2.24) is 10.2 Å². The first kappa shape index (κ1) is 19.1. The van der Waals surface area contributed by atoms with Gasteiger partial charge in [0.15, 0.2) is 0 Å². The van der Waals surface area contributed by atoms with Gasteiger partial charge >= 0.3 is 5.97 Å². The van der Waals surface area contributed by atoms with E-state index in [9.17, 15) is 9.59 Å². The maximum Gasteiger partial charge on any atom is 0.322 e. The van der Waals surface area contributed by atoms with E-state index in [1.54, 1.807) is 6.08 Å². The minimum Gasteiger partial charge on any atom is -0.480 e. The van der Waals surface area contributed by atoms with E-state index in [0.717, 1.165) is 13.0 Å². The van der Waals surface area contributed by atoms with E-state index in [1.807, 2.05) is 35.2 Å². The zero-order valence-corrected chi connectivity index (χ0v) is 12.6. The number of carbonyl (C=O) groups is 2. The van der Waals surface area contributed by atoms with E-state index >= 15 is 0 Å². The van der Waals surface area contributed by atoms with Gasteiger partial charge in [-0.15, -0.1) is 19.0 Å². The number of carboxylic acid groups (broad SMARTS) is 1. The summed E-state index contributed by atoms with van der Waals surface area (Å²) in [5.74, 6) is -1.33. The zero-order chi connectivity index (χ0) is 14.8. The summed E-state index contributed by atoms with van der Waals surface area (Å²) in [6.07, 6.45) is 2.57. The van der Waals surface area contributed by atoms with Gasteiger partial charge in [0.25, 0.3) is 0 Å². The predicted octanol–water partition coefficient (Wildman–Crippen LogP) is 1.34. The lowest BCUT2D eigenvalue weighted by molar-refractivity contribution is -0.138. The van der Waals surface area contributed by atoms with Gasteiger partial charge in [-0.25, -0.2) is 0 Å². The van der Waals surface area contributed by atoms with Gasteiger partial charge in [0, 0.05) is 13.1 Å². The molecular weight excluding hydrogens is 292 g/mol. The molecule has 0 fully saturated rings. The summed E-state index contributed by atoms with van der Waals surface area (Å²) in [4.78, 5) is 23.9. The average molecular weight is 313 g/mol. The van der Waals surface area contributed by atoms with Crippen molar-refractivity contribution in [3.05, 3.63) is 48.6 Å². The summed E-state index contributed by atoms with van der Waals surface area (Å²) in [6, 6.07) is 10.00. The van der Waals surface area contributed by atoms with Crippen molar-refractivity contribution >= 4 is 24.3 Å². The van der Waals surface area contributed by atoms with Crippen LogP contribution in [0, 0.1) is 0 Å². The van der Waals surface area contributed by atoms with E-state index in [-0.39, 0.29) is 31.4 Å². The lowest BCUT2D eigenvalue weighted by atomic mass is 10.1. The van der Waals surface area contributed by atoms with Crippen molar-refractivity contribution in [3.8, 4) is 0 Å². The van der Waals surface area contributed by atoms with Crippen molar-refractivity contribution < 1.29 is 14.7 Å². The normalized spacial score (nSPS) is 9.76. The largest absolute Gasteiger partial charge is 0.480 e. The number of amides is 1. The summed E-state index contributed by atoms with van der Waals surface area (Å²) >= 11 is 0. The first-order valence-electron chi connectivity index (χ1n) is 6.47. The number of rotatable bonds is 9. The Morgan fingerprint density at radius 2 is 1.95 bits per heavy atom. The summed E-state index contributed by atoms with van der Waals surface area (Å²) < 4.78 is 0. The Hall–Kier alpha value is -1.85. The van der Waals surface area contributed by atoms with Crippen molar-refractivity contribution in [2.45, 2.75) is 6.42 Å². The molecule has 0 spiro atoms. The molecule has 0 bridgehead atoms. The van der Waals surface area contributed by atoms with Gasteiger partial charge in [-0.05, 0) is 12.0 Å². The predicted molar refractivity (Wildman–Crippen MR) is 84.7 cm³/mol. The second kappa shape index (κ2) is 10.9. The lowest BCUT2D eigenvalue weighted by Crippen LogP contribution is -2.40. The average Bonchev–Trinajstić information content (AvgIpc) is 2.44. The highest BCUT2D eigenvalue weighted by Crippen LogP contribution is 2.01. The van der Waals surface area contributed by atoms with Crippen LogP contribution in [0.2, 0.25) is 0 Å². The van der Waals surface area contributed by atoms with Crippen molar-refractivity contribution in [1.29, 1.82) is 0 Å². The Kier molecular flexibility index (Phi) is 9.92. The summed E-state index contributed by atoms with van der Waals surface area (Å²) in [5.41, 5.74) is 1.20. The summed E-state index contributed by atoms with van der Waals surface area (Å²) in [6.45, 7) is 4.80. The molecule has 1 rings (SSSR count). The molecule has 5 nitrogen and oxygen atoms in total. The third-order valence-electron chi connectivity index (χ3n) is 2.75. The van der Waals surface area contributed by atoms with E-state index in [4.69, 9.17) is 5.11 Å². The second-order valence-corrected chi connectivity index (χ2v) is 4.43. The third kappa shape index (κ3) is 8.83. The molecule has 6 heteroatoms. The first-order chi connectivity index (χ1) is 9.61. The maximum absolute atomic E-state index is 11.6. The monoisotopic (exact) mass is 312 g/mol. The highest BCUT2D eigenvalue weighted by atomic mass is 35.5. The smallest absolute Gasteiger partial charge is 0.322 e. The van der Waals surface area contributed by atoms with E-state index in [0.29, 0.717) is 6.54 Å². The number of benzene rings is 1. The molecule has 0 aromatic heterocycles. The molecule has 2 N–H and O–H groups in total. The summed E-state index contributed by atoms with van der Waals surface area (Å²) in [7, 11) is 0. The molecule has 0 aliphatic rings. The van der Waals surface area contributed by atoms with Crippen LogP contribution in [0.15, 0.2) is 43.0 Å². The Morgan fingerprint density at radius 3 is 2.52 bits per heavy atom. The molecule has 0 heterocycles. The van der Waals surface area contributed by atoms with Crippen LogP contribution in [0.1, 0.15) is 5.56 Å². The van der Waals surface area contributed by atoms with Gasteiger partial charge in [0.2, 0.25) is 5.91 Å².